The van der Waals surface area contributed by atoms with E-state index in [4.69, 9.17) is 6.57 Å². The van der Waals surface area contributed by atoms with Crippen molar-refractivity contribution in [2.75, 3.05) is 0 Å². The van der Waals surface area contributed by atoms with Crippen molar-refractivity contribution in [3.8, 4) is 5.75 Å². The van der Waals surface area contributed by atoms with Crippen LogP contribution in [-0.4, -0.2) is 10.1 Å². The Kier molecular flexibility index (Phi) is 2.04. The lowest BCUT2D eigenvalue weighted by Gasteiger charge is -2.01. The van der Waals surface area contributed by atoms with Crippen LogP contribution in [0.15, 0.2) is 30.5 Å². The molecule has 2 rings (SSSR count). The van der Waals surface area contributed by atoms with Crippen LogP contribution < -0.4 is 0 Å². The summed E-state index contributed by atoms with van der Waals surface area (Å²) in [5.41, 5.74) is 1.47. The smallest absolute Gasteiger partial charge is 0.240 e. The van der Waals surface area contributed by atoms with E-state index >= 15 is 0 Å². The zero-order valence-electron chi connectivity index (χ0n) is 7.44. The van der Waals surface area contributed by atoms with Gasteiger partial charge in [-0.25, -0.2) is 6.57 Å². The largest absolute Gasteiger partial charge is 0.506 e. The molecule has 14 heavy (non-hydrogen) atoms. The van der Waals surface area contributed by atoms with E-state index in [0.717, 1.165) is 10.9 Å². The second-order valence-corrected chi connectivity index (χ2v) is 2.96. The molecule has 1 aromatic carbocycles. The summed E-state index contributed by atoms with van der Waals surface area (Å²) in [6, 6.07) is 7.00. The number of pyridine rings is 1. The van der Waals surface area contributed by atoms with Crippen molar-refractivity contribution in [2.45, 2.75) is 6.54 Å². The van der Waals surface area contributed by atoms with Crippen LogP contribution in [-0.2, 0) is 6.54 Å². The molecule has 0 fully saturated rings. The van der Waals surface area contributed by atoms with Gasteiger partial charge in [-0.15, -0.1) is 0 Å². The lowest BCUT2D eigenvalue weighted by molar-refractivity contribution is 0.480. The standard InChI is InChI=1S/C11H8N2O/c1-12-7-8-4-5-10(14)11-9(8)3-2-6-13-11/h2-6,14H,7H2. The van der Waals surface area contributed by atoms with E-state index in [1.807, 2.05) is 6.07 Å². The van der Waals surface area contributed by atoms with Gasteiger partial charge in [-0.2, -0.15) is 0 Å². The minimum Gasteiger partial charge on any atom is -0.506 e. The molecule has 3 nitrogen and oxygen atoms in total. The van der Waals surface area contributed by atoms with Gasteiger partial charge in [0.2, 0.25) is 6.54 Å². The average molecular weight is 184 g/mol. The summed E-state index contributed by atoms with van der Waals surface area (Å²) >= 11 is 0. The normalized spacial score (nSPS) is 9.93. The molecule has 1 heterocycles. The molecule has 0 aliphatic heterocycles. The molecule has 0 atom stereocenters. The minimum absolute atomic E-state index is 0.161. The maximum absolute atomic E-state index is 9.52. The van der Waals surface area contributed by atoms with Crippen LogP contribution in [0, 0.1) is 6.57 Å². The first-order chi connectivity index (χ1) is 6.83. The lowest BCUT2D eigenvalue weighted by atomic mass is 10.1. The summed E-state index contributed by atoms with van der Waals surface area (Å²) < 4.78 is 0. The van der Waals surface area contributed by atoms with E-state index in [9.17, 15) is 5.11 Å². The van der Waals surface area contributed by atoms with Crippen molar-refractivity contribution in [1.29, 1.82) is 0 Å². The van der Waals surface area contributed by atoms with Crippen LogP contribution in [0.25, 0.3) is 15.7 Å². The Morgan fingerprint density at radius 3 is 3.00 bits per heavy atom. The van der Waals surface area contributed by atoms with E-state index in [2.05, 4.69) is 9.83 Å². The quantitative estimate of drug-likeness (QED) is 0.691. The van der Waals surface area contributed by atoms with Crippen molar-refractivity contribution < 1.29 is 5.11 Å². The molecule has 0 bridgehead atoms. The van der Waals surface area contributed by atoms with Gasteiger partial charge in [0, 0.05) is 17.1 Å². The van der Waals surface area contributed by atoms with E-state index < -0.39 is 0 Å². The maximum atomic E-state index is 9.52. The molecule has 0 aliphatic carbocycles. The average Bonchev–Trinajstić information content (AvgIpc) is 2.23. The van der Waals surface area contributed by atoms with Gasteiger partial charge >= 0.3 is 0 Å². The van der Waals surface area contributed by atoms with E-state index in [-0.39, 0.29) is 5.75 Å². The van der Waals surface area contributed by atoms with E-state index in [1.165, 1.54) is 0 Å². The highest BCUT2D eigenvalue weighted by Crippen LogP contribution is 2.25. The zero-order valence-corrected chi connectivity index (χ0v) is 7.44. The predicted molar refractivity (Wildman–Crippen MR) is 53.7 cm³/mol. The molecular formula is C11H8N2O. The highest BCUT2D eigenvalue weighted by Gasteiger charge is 2.06. The van der Waals surface area contributed by atoms with Crippen molar-refractivity contribution >= 4 is 10.9 Å². The Hall–Kier alpha value is -2.08. The van der Waals surface area contributed by atoms with Crippen LogP contribution in [0.1, 0.15) is 5.56 Å². The van der Waals surface area contributed by atoms with Crippen molar-refractivity contribution in [3.63, 3.8) is 0 Å². The van der Waals surface area contributed by atoms with Crippen LogP contribution in [0.2, 0.25) is 0 Å². The second kappa shape index (κ2) is 3.35. The number of hydrogen-bond acceptors (Lipinski definition) is 2. The van der Waals surface area contributed by atoms with Gasteiger partial charge in [0.05, 0.1) is 0 Å². The Balaban J connectivity index is 2.76. The summed E-state index contributed by atoms with van der Waals surface area (Å²) in [7, 11) is 0. The molecule has 0 saturated carbocycles. The minimum atomic E-state index is 0.161. The van der Waals surface area contributed by atoms with Crippen molar-refractivity contribution in [3.05, 3.63) is 47.4 Å². The number of rotatable bonds is 1. The SMILES string of the molecule is [C-]#[N+]Cc1ccc(O)c2ncccc12. The third kappa shape index (κ3) is 1.27. The van der Waals surface area contributed by atoms with Gasteiger partial charge < -0.3 is 9.95 Å². The number of aromatic hydroxyl groups is 1. The zero-order chi connectivity index (χ0) is 9.97. The van der Waals surface area contributed by atoms with Gasteiger partial charge in [0.25, 0.3) is 0 Å². The van der Waals surface area contributed by atoms with E-state index in [0.29, 0.717) is 12.1 Å². The monoisotopic (exact) mass is 184 g/mol. The number of benzene rings is 1. The Morgan fingerprint density at radius 2 is 2.21 bits per heavy atom. The number of hydrogen-bond donors (Lipinski definition) is 1. The molecule has 3 heteroatoms. The third-order valence-electron chi connectivity index (χ3n) is 2.09. The van der Waals surface area contributed by atoms with Gasteiger partial charge in [-0.3, -0.25) is 4.98 Å². The van der Waals surface area contributed by atoms with Crippen LogP contribution in [0.3, 0.4) is 0 Å². The number of phenolic OH excluding ortho intramolecular Hbond substituents is 1. The summed E-state index contributed by atoms with van der Waals surface area (Å²) in [6.45, 7) is 7.13. The molecule has 0 aliphatic rings. The topological polar surface area (TPSA) is 37.5 Å². The van der Waals surface area contributed by atoms with Crippen molar-refractivity contribution in [1.82, 2.24) is 4.98 Å². The lowest BCUT2D eigenvalue weighted by Crippen LogP contribution is -1.85. The molecule has 1 N–H and O–H groups in total. The van der Waals surface area contributed by atoms with Gasteiger partial charge in [-0.05, 0) is 18.2 Å². The number of nitrogens with zero attached hydrogens (tertiary/aromatic N) is 2. The first-order valence-electron chi connectivity index (χ1n) is 4.21. The first-order valence-corrected chi connectivity index (χ1v) is 4.21. The summed E-state index contributed by atoms with van der Waals surface area (Å²) in [5.74, 6) is 0.161. The Morgan fingerprint density at radius 1 is 1.36 bits per heavy atom. The van der Waals surface area contributed by atoms with Crippen LogP contribution >= 0.6 is 0 Å². The van der Waals surface area contributed by atoms with Crippen molar-refractivity contribution in [2.24, 2.45) is 0 Å². The van der Waals surface area contributed by atoms with Crippen LogP contribution in [0.5, 0.6) is 5.75 Å². The third-order valence-corrected chi connectivity index (χ3v) is 2.09. The fourth-order valence-electron chi connectivity index (χ4n) is 1.44. The summed E-state index contributed by atoms with van der Waals surface area (Å²) in [4.78, 5) is 7.40. The molecule has 1 aromatic heterocycles. The predicted octanol–water partition coefficient (Wildman–Crippen LogP) is 2.36. The molecule has 2 aromatic rings. The molecular weight excluding hydrogens is 176 g/mol. The molecule has 0 radical (unpaired) electrons. The number of fused-ring (bicyclic) bond motifs is 1. The highest BCUT2D eigenvalue weighted by atomic mass is 16.3. The molecule has 0 amide bonds. The molecule has 0 unspecified atom stereocenters. The van der Waals surface area contributed by atoms with Gasteiger partial charge in [-0.1, -0.05) is 6.07 Å². The van der Waals surface area contributed by atoms with E-state index in [1.54, 1.807) is 24.4 Å². The fourth-order valence-corrected chi connectivity index (χ4v) is 1.44. The number of aromatic nitrogens is 1. The Labute approximate surface area is 81.5 Å². The van der Waals surface area contributed by atoms with Gasteiger partial charge in [0.15, 0.2) is 0 Å². The maximum Gasteiger partial charge on any atom is 0.240 e. The van der Waals surface area contributed by atoms with Gasteiger partial charge in [0.1, 0.15) is 11.3 Å². The summed E-state index contributed by atoms with van der Waals surface area (Å²) in [5, 5.41) is 10.4. The highest BCUT2D eigenvalue weighted by molar-refractivity contribution is 5.87. The molecule has 68 valence electrons. The summed E-state index contributed by atoms with van der Waals surface area (Å²) in [6.07, 6.45) is 1.63. The van der Waals surface area contributed by atoms with Crippen LogP contribution in [0.4, 0.5) is 0 Å². The first kappa shape index (κ1) is 8.52. The molecule has 0 spiro atoms. The number of phenols is 1. The fraction of sp³-hybridized carbons (Fsp3) is 0.0909. The molecule has 0 saturated heterocycles. The second-order valence-electron chi connectivity index (χ2n) is 2.96. The Bertz CT molecular complexity index is 514.